The van der Waals surface area contributed by atoms with Crippen LogP contribution in [0.3, 0.4) is 0 Å². The average molecular weight is 724 g/mol. The van der Waals surface area contributed by atoms with Crippen molar-refractivity contribution in [2.75, 3.05) is 0 Å². The van der Waals surface area contributed by atoms with Gasteiger partial charge in [0.1, 0.15) is 0 Å². The van der Waals surface area contributed by atoms with E-state index in [1.165, 1.54) is 8.62 Å². The van der Waals surface area contributed by atoms with Gasteiger partial charge in [-0.15, -0.1) is 12.4 Å². The van der Waals surface area contributed by atoms with Crippen LogP contribution in [0.4, 0.5) is 0 Å². The Bertz CT molecular complexity index is 394. The van der Waals surface area contributed by atoms with E-state index in [9.17, 15) is 0 Å². The molecule has 0 saturated carbocycles. The van der Waals surface area contributed by atoms with Gasteiger partial charge in [-0.1, -0.05) is 0 Å². The maximum absolute atomic E-state index is 2.77. The van der Waals surface area contributed by atoms with Crippen LogP contribution < -0.4 is 0 Å². The Morgan fingerprint density at radius 1 is 0.310 bits per heavy atom. The molecule has 0 aromatic carbocycles. The van der Waals surface area contributed by atoms with E-state index in [0.717, 1.165) is 0 Å². The van der Waals surface area contributed by atoms with Crippen molar-refractivity contribution in [3.05, 3.63) is 0 Å². The molecule has 8 heteroatoms. The van der Waals surface area contributed by atoms with Gasteiger partial charge in [-0.25, -0.2) is 0 Å². The van der Waals surface area contributed by atoms with E-state index < -0.39 is 70.2 Å². The fourth-order valence-electron chi connectivity index (χ4n) is 7.03. The third-order valence-corrected chi connectivity index (χ3v) is 108. The second-order valence-corrected chi connectivity index (χ2v) is 70.8. The van der Waals surface area contributed by atoms with Crippen LogP contribution in [0.2, 0.25) is 126 Å². The second kappa shape index (κ2) is 10.4. The Hall–Kier alpha value is 2.47. The van der Waals surface area contributed by atoms with E-state index in [4.69, 9.17) is 0 Å². The summed E-state index contributed by atoms with van der Waals surface area (Å²) in [7, 11) is -7.11. The Balaban J connectivity index is 0. The van der Waals surface area contributed by atoms with E-state index in [1.807, 2.05) is 0 Å². The number of hydrogen-bond donors (Lipinski definition) is 0. The molecule has 0 unspecified atom stereocenters. The molecule has 0 N–H and O–H groups in total. The Morgan fingerprint density at radius 3 is 0.483 bits per heavy atom. The summed E-state index contributed by atoms with van der Waals surface area (Å²) in [6.07, 6.45) is 0. The minimum absolute atomic E-state index is 0. The van der Waals surface area contributed by atoms with Crippen LogP contribution in [0.1, 0.15) is 0 Å². The van der Waals surface area contributed by atoms with Crippen molar-refractivity contribution in [2.45, 2.75) is 126 Å². The molecule has 0 spiro atoms. The minimum Gasteiger partial charge on any atom is -0.147 e. The van der Waals surface area contributed by atoms with Gasteiger partial charge in [0.05, 0.1) is 0 Å². The van der Waals surface area contributed by atoms with Gasteiger partial charge in [0, 0.05) is 0 Å². The summed E-state index contributed by atoms with van der Waals surface area (Å²) in [6, 6.07) is 0. The maximum atomic E-state index is 2.77. The first-order valence-electron chi connectivity index (χ1n) is 11.5. The monoisotopic (exact) mass is 722 g/mol. The van der Waals surface area contributed by atoms with Gasteiger partial charge in [-0.05, 0) is 0 Å². The van der Waals surface area contributed by atoms with Gasteiger partial charge in [0.2, 0.25) is 0 Å². The maximum Gasteiger partial charge on any atom is -0.147 e. The summed E-state index contributed by atoms with van der Waals surface area (Å²) in [5.74, 6) is 0. The van der Waals surface area contributed by atoms with Crippen LogP contribution in [-0.4, -0.2) is 70.2 Å². The molecular formula is C21H58BiClSi6. The SMILES string of the molecule is C[Si](C)(C)[CH]([Bi]([CH]([Si](C)(C)C)[Si](C)(C)C)[CH]([Si](C)(C)C)[Si](C)(C)C)[Si](C)(C)C.Cl. The van der Waals surface area contributed by atoms with Crippen LogP contribution in [-0.2, 0) is 0 Å². The molecule has 29 heavy (non-hydrogen) atoms. The van der Waals surface area contributed by atoms with Crippen molar-refractivity contribution in [3.63, 3.8) is 0 Å². The standard InChI is InChI=1S/3C7H19Si2.Bi.ClH/c3*1-8(2,3)7-9(4,5)6;;/h3*7H,1-6H3;;1H. The van der Waals surface area contributed by atoms with Crippen molar-refractivity contribution >= 4 is 82.6 Å². The topological polar surface area (TPSA) is 0 Å². The number of rotatable bonds is 9. The van der Waals surface area contributed by atoms with Crippen LogP contribution in [0.15, 0.2) is 0 Å². The summed E-state index contributed by atoms with van der Waals surface area (Å²) in [6.45, 7) is 49.9. The van der Waals surface area contributed by atoms with Crippen LogP contribution in [0.25, 0.3) is 0 Å². The fraction of sp³-hybridized carbons (Fsp3) is 1.00. The summed E-state index contributed by atoms with van der Waals surface area (Å²) in [4.78, 5) is 0. The van der Waals surface area contributed by atoms with Gasteiger partial charge in [-0.3, -0.25) is 0 Å². The largest absolute Gasteiger partial charge is 0.147 e. The first-order chi connectivity index (χ1) is 11.7. The molecule has 0 bridgehead atoms. The molecule has 0 nitrogen and oxygen atoms in total. The Morgan fingerprint density at radius 2 is 0.414 bits per heavy atom. The summed E-state index contributed by atoms with van der Waals surface area (Å²) >= 11 is -1.88. The van der Waals surface area contributed by atoms with E-state index >= 15 is 0 Å². The normalized spacial score (nSPS) is 15.5. The van der Waals surface area contributed by atoms with Crippen molar-refractivity contribution in [1.82, 2.24) is 0 Å². The average Bonchev–Trinajstić information content (AvgIpc) is 2.13. The van der Waals surface area contributed by atoms with Gasteiger partial charge in [0.15, 0.2) is 0 Å². The number of hydrogen-bond acceptors (Lipinski definition) is 0. The van der Waals surface area contributed by atoms with Gasteiger partial charge in [0.25, 0.3) is 0 Å². The first-order valence-corrected chi connectivity index (χ1v) is 39.0. The molecule has 0 atom stereocenters. The van der Waals surface area contributed by atoms with Crippen LogP contribution in [0.5, 0.6) is 0 Å². The molecule has 0 heterocycles. The quantitative estimate of drug-likeness (QED) is 0.208. The molecule has 0 aromatic heterocycles. The van der Waals surface area contributed by atoms with Crippen molar-refractivity contribution < 1.29 is 0 Å². The summed E-state index contributed by atoms with van der Waals surface area (Å²) in [5, 5.41) is 0. The third-order valence-electron chi connectivity index (χ3n) is 5.82. The molecule has 0 aliphatic carbocycles. The predicted molar refractivity (Wildman–Crippen MR) is 164 cm³/mol. The Kier molecular flexibility index (Phi) is 12.1. The van der Waals surface area contributed by atoms with Gasteiger partial charge < -0.3 is 0 Å². The predicted octanol–water partition coefficient (Wildman–Crippen LogP) is 9.28. The fourth-order valence-corrected chi connectivity index (χ4v) is 141. The van der Waals surface area contributed by atoms with E-state index in [0.29, 0.717) is 0 Å². The molecule has 0 aromatic rings. The van der Waals surface area contributed by atoms with Crippen LogP contribution in [0, 0.1) is 0 Å². The molecule has 0 amide bonds. The molecular weight excluding hydrogens is 665 g/mol. The zero-order valence-corrected chi connectivity index (χ0v) is 33.9. The smallest absolute Gasteiger partial charge is 0.147 e. The van der Waals surface area contributed by atoms with E-state index in [-0.39, 0.29) is 12.4 Å². The van der Waals surface area contributed by atoms with Gasteiger partial charge in [-0.2, -0.15) is 0 Å². The first kappa shape index (κ1) is 33.6. The molecule has 0 aliphatic rings. The van der Waals surface area contributed by atoms with E-state index in [2.05, 4.69) is 118 Å². The molecule has 0 radical (unpaired) electrons. The van der Waals surface area contributed by atoms with Gasteiger partial charge >= 0.3 is 197 Å². The molecule has 178 valence electrons. The van der Waals surface area contributed by atoms with Crippen molar-refractivity contribution in [2.24, 2.45) is 0 Å². The minimum atomic E-state index is -1.88. The van der Waals surface area contributed by atoms with Crippen LogP contribution >= 0.6 is 12.4 Å². The van der Waals surface area contributed by atoms with Crippen molar-refractivity contribution in [1.29, 1.82) is 0 Å². The summed E-state index contributed by atoms with van der Waals surface area (Å²) in [5.41, 5.74) is 0. The molecule has 0 aliphatic heterocycles. The molecule has 0 saturated heterocycles. The molecule has 0 fully saturated rings. The van der Waals surface area contributed by atoms with Crippen molar-refractivity contribution in [3.8, 4) is 0 Å². The third kappa shape index (κ3) is 9.70. The van der Waals surface area contributed by atoms with E-state index in [1.54, 1.807) is 0 Å². The summed E-state index contributed by atoms with van der Waals surface area (Å²) < 4.78 is 3.76. The second-order valence-electron chi connectivity index (χ2n) is 15.9. The Labute approximate surface area is 207 Å². The number of halogens is 1. The zero-order chi connectivity index (χ0) is 23.3. The molecule has 0 rings (SSSR count). The zero-order valence-electron chi connectivity index (χ0n) is 23.6.